The summed E-state index contributed by atoms with van der Waals surface area (Å²) < 4.78 is 17.4. The van der Waals surface area contributed by atoms with Crippen LogP contribution >= 0.6 is 0 Å². The van der Waals surface area contributed by atoms with Gasteiger partial charge in [0, 0.05) is 19.5 Å². The molecule has 0 aliphatic carbocycles. The van der Waals surface area contributed by atoms with Crippen LogP contribution in [-0.4, -0.2) is 19.3 Å². The third-order valence-electron chi connectivity index (χ3n) is 0.292. The average molecular weight is 176 g/mol. The van der Waals surface area contributed by atoms with E-state index in [9.17, 15) is 4.21 Å². The maximum atomic E-state index is 9.56. The Balaban J connectivity index is 0. The Morgan fingerprint density at radius 3 is 1.86 bits per heavy atom. The normalized spacial score (nSPS) is 17.0. The number of hydrogen-bond donors (Lipinski definition) is 2. The van der Waals surface area contributed by atoms with Gasteiger partial charge in [0.25, 0.3) is 0 Å². The van der Waals surface area contributed by atoms with Gasteiger partial charge in [0.05, 0.1) is 0 Å². The van der Waals surface area contributed by atoms with E-state index in [2.05, 4.69) is 0 Å². The Morgan fingerprint density at radius 1 is 1.71 bits per heavy atom. The van der Waals surface area contributed by atoms with E-state index in [1.807, 2.05) is 0 Å². The molecule has 0 aromatic heterocycles. The molecule has 2 atom stereocenters. The molecule has 0 rings (SSSR count). The average Bonchev–Trinajstić information content (AvgIpc) is 1.36. The molecule has 0 aromatic rings. The second kappa shape index (κ2) is 4.84. The molecule has 0 aliphatic heterocycles. The zero-order valence-electron chi connectivity index (χ0n) is 4.00. The summed E-state index contributed by atoms with van der Waals surface area (Å²) in [6.07, 6.45) is 0. The van der Waals surface area contributed by atoms with Crippen LogP contribution in [0.2, 0.25) is 0 Å². The predicted molar refractivity (Wildman–Crippen MR) is 22.5 cm³/mol. The van der Waals surface area contributed by atoms with Crippen molar-refractivity contribution in [3.05, 3.63) is 0 Å². The van der Waals surface area contributed by atoms with E-state index in [0.717, 1.165) is 0 Å². The Bertz CT molecular complexity index is 64.0. The van der Waals surface area contributed by atoms with Crippen molar-refractivity contribution in [3.8, 4) is 0 Å². The van der Waals surface area contributed by atoms with E-state index >= 15 is 0 Å². The zero-order valence-corrected chi connectivity index (χ0v) is 7.78. The molecule has 0 aliphatic rings. The maximum Gasteiger partial charge on any atom is 0.182 e. The van der Waals surface area contributed by atoms with Crippen LogP contribution in [-0.2, 0) is 30.6 Å². The van der Waals surface area contributed by atoms with Gasteiger partial charge in [-0.05, 0) is 6.92 Å². The SMILES string of the molecule is CC(O)S(=O)O.[Zn]. The fraction of sp³-hybridized carbons (Fsp3) is 1.00. The first kappa shape index (κ1) is 10.6. The van der Waals surface area contributed by atoms with Crippen molar-refractivity contribution in [1.82, 2.24) is 0 Å². The molecule has 5 heteroatoms. The van der Waals surface area contributed by atoms with Crippen LogP contribution in [0.3, 0.4) is 0 Å². The van der Waals surface area contributed by atoms with Gasteiger partial charge >= 0.3 is 0 Å². The molecule has 0 spiro atoms. The van der Waals surface area contributed by atoms with Crippen LogP contribution in [0.15, 0.2) is 0 Å². The Kier molecular flexibility index (Phi) is 7.36. The summed E-state index contributed by atoms with van der Waals surface area (Å²) in [7, 11) is 0. The second-order valence-electron chi connectivity index (χ2n) is 0.875. The van der Waals surface area contributed by atoms with E-state index in [0.29, 0.717) is 0 Å². The van der Waals surface area contributed by atoms with Gasteiger partial charge < -0.3 is 9.66 Å². The summed E-state index contributed by atoms with van der Waals surface area (Å²) in [4.78, 5) is 0. The molecule has 0 radical (unpaired) electrons. The van der Waals surface area contributed by atoms with Gasteiger partial charge in [0.15, 0.2) is 16.5 Å². The molecule has 2 unspecified atom stereocenters. The number of rotatable bonds is 1. The molecule has 0 fully saturated rings. The molecule has 3 nitrogen and oxygen atoms in total. The van der Waals surface area contributed by atoms with Crippen molar-refractivity contribution >= 4 is 11.1 Å². The summed E-state index contributed by atoms with van der Waals surface area (Å²) in [5.74, 6) is 0. The number of hydrogen-bond acceptors (Lipinski definition) is 2. The van der Waals surface area contributed by atoms with Crippen molar-refractivity contribution in [2.45, 2.75) is 12.4 Å². The van der Waals surface area contributed by atoms with Gasteiger partial charge in [-0.2, -0.15) is 0 Å². The van der Waals surface area contributed by atoms with Crippen LogP contribution in [0.1, 0.15) is 6.92 Å². The third kappa shape index (κ3) is 6.69. The minimum absolute atomic E-state index is 0. The van der Waals surface area contributed by atoms with E-state index < -0.39 is 16.5 Å². The summed E-state index contributed by atoms with van der Waals surface area (Å²) in [5.41, 5.74) is -1.12. The number of aliphatic hydroxyl groups is 1. The first-order valence-corrected chi connectivity index (χ1v) is 2.59. The van der Waals surface area contributed by atoms with Crippen molar-refractivity contribution in [3.63, 3.8) is 0 Å². The standard InChI is InChI=1S/C2H6O3S.Zn/c1-2(3)6(4)5;/h2-3H,1H3,(H,4,5);. The molecule has 40 valence electrons. The third-order valence-corrected chi connectivity index (χ3v) is 0.875. The monoisotopic (exact) mass is 174 g/mol. The molecular weight excluding hydrogens is 169 g/mol. The first-order valence-electron chi connectivity index (χ1n) is 1.42. The van der Waals surface area contributed by atoms with Gasteiger partial charge in [0.2, 0.25) is 0 Å². The van der Waals surface area contributed by atoms with Crippen LogP contribution < -0.4 is 0 Å². The molecule has 0 amide bonds. The predicted octanol–water partition coefficient (Wildman–Crippen LogP) is -0.456. The second-order valence-corrected chi connectivity index (χ2v) is 2.11. The Labute approximate surface area is 57.2 Å². The molecule has 0 heterocycles. The molecule has 7 heavy (non-hydrogen) atoms. The summed E-state index contributed by atoms with van der Waals surface area (Å²) in [6.45, 7) is 1.25. The minimum atomic E-state index is -2.06. The van der Waals surface area contributed by atoms with E-state index in [4.69, 9.17) is 9.66 Å². The quantitative estimate of drug-likeness (QED) is 0.419. The Hall–Kier alpha value is 0.693. The van der Waals surface area contributed by atoms with Crippen LogP contribution in [0.5, 0.6) is 0 Å². The summed E-state index contributed by atoms with van der Waals surface area (Å²) in [6, 6.07) is 0. The molecule has 0 saturated heterocycles. The van der Waals surface area contributed by atoms with E-state index in [1.54, 1.807) is 0 Å². The molecule has 0 aromatic carbocycles. The first-order chi connectivity index (χ1) is 2.64. The molecule has 0 bridgehead atoms. The Morgan fingerprint density at radius 2 is 1.86 bits per heavy atom. The smallest absolute Gasteiger partial charge is 0.182 e. The minimum Gasteiger partial charge on any atom is -0.378 e. The van der Waals surface area contributed by atoms with Crippen molar-refractivity contribution in [2.24, 2.45) is 0 Å². The molecule has 2 N–H and O–H groups in total. The van der Waals surface area contributed by atoms with Gasteiger partial charge in [0.1, 0.15) is 0 Å². The van der Waals surface area contributed by atoms with Gasteiger partial charge in [-0.1, -0.05) is 0 Å². The van der Waals surface area contributed by atoms with Gasteiger partial charge in [-0.25, -0.2) is 4.21 Å². The van der Waals surface area contributed by atoms with Crippen LogP contribution in [0.4, 0.5) is 0 Å². The fourth-order valence-corrected chi connectivity index (χ4v) is 0. The van der Waals surface area contributed by atoms with E-state index in [-0.39, 0.29) is 19.5 Å². The molecule has 0 saturated carbocycles. The van der Waals surface area contributed by atoms with Crippen molar-refractivity contribution < 1.29 is 33.3 Å². The largest absolute Gasteiger partial charge is 0.378 e. The van der Waals surface area contributed by atoms with E-state index in [1.165, 1.54) is 6.92 Å². The van der Waals surface area contributed by atoms with Gasteiger partial charge in [-0.3, -0.25) is 0 Å². The maximum absolute atomic E-state index is 9.56. The van der Waals surface area contributed by atoms with Crippen LogP contribution in [0, 0.1) is 0 Å². The topological polar surface area (TPSA) is 57.5 Å². The van der Waals surface area contributed by atoms with Gasteiger partial charge in [-0.15, -0.1) is 0 Å². The summed E-state index contributed by atoms with van der Waals surface area (Å²) >= 11 is -2.06. The van der Waals surface area contributed by atoms with Crippen LogP contribution in [0.25, 0.3) is 0 Å². The fourth-order valence-electron chi connectivity index (χ4n) is 0. The molecular formula is C2H6O3SZn. The number of aliphatic hydroxyl groups excluding tert-OH is 1. The van der Waals surface area contributed by atoms with Crippen molar-refractivity contribution in [1.29, 1.82) is 0 Å². The van der Waals surface area contributed by atoms with Crippen molar-refractivity contribution in [2.75, 3.05) is 0 Å². The summed E-state index contributed by atoms with van der Waals surface area (Å²) in [5, 5.41) is 8.08. The zero-order chi connectivity index (χ0) is 5.15.